The Kier molecular flexibility index (Phi) is 6.74. The summed E-state index contributed by atoms with van der Waals surface area (Å²) >= 11 is 5.89. The van der Waals surface area contributed by atoms with Crippen molar-refractivity contribution in [1.29, 1.82) is 0 Å². The van der Waals surface area contributed by atoms with Crippen molar-refractivity contribution in [2.45, 2.75) is 13.3 Å². The largest absolute Gasteiger partial charge is 0.482 e. The molecule has 0 aliphatic carbocycles. The molecule has 5 nitrogen and oxygen atoms in total. The first-order valence-corrected chi connectivity index (χ1v) is 6.36. The van der Waals surface area contributed by atoms with Crippen LogP contribution < -0.4 is 15.4 Å². The van der Waals surface area contributed by atoms with Crippen molar-refractivity contribution in [3.8, 4) is 5.75 Å². The molecule has 0 aromatic heterocycles. The van der Waals surface area contributed by atoms with Crippen LogP contribution in [0.2, 0.25) is 5.02 Å². The minimum absolute atomic E-state index is 0.0756. The summed E-state index contributed by atoms with van der Waals surface area (Å²) in [6, 6.07) is 6.97. The molecule has 0 radical (unpaired) electrons. The third-order valence-corrected chi connectivity index (χ3v) is 2.56. The van der Waals surface area contributed by atoms with E-state index in [9.17, 15) is 9.59 Å². The molecule has 1 aromatic rings. The maximum Gasteiger partial charge on any atom is 0.257 e. The molecule has 0 aliphatic rings. The molecule has 2 N–H and O–H groups in total. The molecule has 1 aromatic carbocycles. The number of nitrogens with one attached hydrogen (secondary N) is 2. The van der Waals surface area contributed by atoms with Crippen LogP contribution in [0, 0.1) is 0 Å². The van der Waals surface area contributed by atoms with Gasteiger partial charge in [-0.25, -0.2) is 0 Å². The van der Waals surface area contributed by atoms with Gasteiger partial charge in [0.15, 0.2) is 6.61 Å². The second-order valence-electron chi connectivity index (χ2n) is 3.91. The number of carbonyl (C=O) groups is 2. The normalized spacial score (nSPS) is 9.79. The van der Waals surface area contributed by atoms with Gasteiger partial charge in [0.1, 0.15) is 5.75 Å². The smallest absolute Gasteiger partial charge is 0.257 e. The zero-order valence-corrected chi connectivity index (χ0v) is 11.5. The number of amides is 2. The Morgan fingerprint density at radius 2 is 1.89 bits per heavy atom. The summed E-state index contributed by atoms with van der Waals surface area (Å²) in [4.78, 5) is 22.1. The maximum absolute atomic E-state index is 11.5. The molecule has 0 bridgehead atoms. The second kappa shape index (κ2) is 8.37. The number of ether oxygens (including phenoxy) is 1. The lowest BCUT2D eigenvalue weighted by Crippen LogP contribution is -2.32. The summed E-state index contributed by atoms with van der Waals surface area (Å²) < 4.78 is 5.28. The number of benzene rings is 1. The molecule has 0 spiro atoms. The zero-order chi connectivity index (χ0) is 14.1. The number of hydrogen-bond donors (Lipinski definition) is 2. The van der Waals surface area contributed by atoms with E-state index in [1.165, 1.54) is 6.92 Å². The topological polar surface area (TPSA) is 67.4 Å². The standard InChI is InChI=1S/C13H17ClN2O3/c1-10(17)15-7-4-8-16-13(18)9-19-12-6-3-2-5-11(12)14/h2-3,5-6H,4,7-9H2,1H3,(H,15,17)(H,16,18). The van der Waals surface area contributed by atoms with Gasteiger partial charge in [-0.1, -0.05) is 23.7 Å². The van der Waals surface area contributed by atoms with Crippen LogP contribution in [0.4, 0.5) is 0 Å². The minimum Gasteiger partial charge on any atom is -0.482 e. The summed E-state index contributed by atoms with van der Waals surface area (Å²) in [7, 11) is 0. The summed E-state index contributed by atoms with van der Waals surface area (Å²) in [5.41, 5.74) is 0. The number of halogens is 1. The molecular formula is C13H17ClN2O3. The molecule has 6 heteroatoms. The second-order valence-corrected chi connectivity index (χ2v) is 4.31. The Morgan fingerprint density at radius 1 is 1.21 bits per heavy atom. The van der Waals surface area contributed by atoms with Crippen LogP contribution in [-0.4, -0.2) is 31.5 Å². The third kappa shape index (κ3) is 6.67. The summed E-state index contributed by atoms with van der Waals surface area (Å²) in [6.45, 7) is 2.41. The maximum atomic E-state index is 11.5. The van der Waals surface area contributed by atoms with Gasteiger partial charge in [-0.2, -0.15) is 0 Å². The van der Waals surface area contributed by atoms with Crippen LogP contribution in [-0.2, 0) is 9.59 Å². The fourth-order valence-corrected chi connectivity index (χ4v) is 1.53. The zero-order valence-electron chi connectivity index (χ0n) is 10.7. The number of carbonyl (C=O) groups excluding carboxylic acids is 2. The van der Waals surface area contributed by atoms with Gasteiger partial charge >= 0.3 is 0 Å². The summed E-state index contributed by atoms with van der Waals surface area (Å²) in [5, 5.41) is 5.81. The van der Waals surface area contributed by atoms with Crippen molar-refractivity contribution in [2.24, 2.45) is 0 Å². The van der Waals surface area contributed by atoms with Gasteiger partial charge in [-0.15, -0.1) is 0 Å². The van der Waals surface area contributed by atoms with E-state index in [1.807, 2.05) is 0 Å². The SMILES string of the molecule is CC(=O)NCCCNC(=O)COc1ccccc1Cl. The van der Waals surface area contributed by atoms with Gasteiger partial charge in [0, 0.05) is 20.0 Å². The molecular weight excluding hydrogens is 268 g/mol. The monoisotopic (exact) mass is 284 g/mol. The molecule has 19 heavy (non-hydrogen) atoms. The Morgan fingerprint density at radius 3 is 2.58 bits per heavy atom. The predicted octanol–water partition coefficient (Wildman–Crippen LogP) is 1.36. The number of para-hydroxylation sites is 1. The first kappa shape index (κ1) is 15.3. The Labute approximate surface area is 117 Å². The van der Waals surface area contributed by atoms with E-state index in [0.717, 1.165) is 0 Å². The van der Waals surface area contributed by atoms with Crippen molar-refractivity contribution < 1.29 is 14.3 Å². The van der Waals surface area contributed by atoms with Crippen molar-refractivity contribution >= 4 is 23.4 Å². The van der Waals surface area contributed by atoms with E-state index in [1.54, 1.807) is 24.3 Å². The predicted molar refractivity (Wildman–Crippen MR) is 73.3 cm³/mol. The number of hydrogen-bond acceptors (Lipinski definition) is 3. The third-order valence-electron chi connectivity index (χ3n) is 2.25. The van der Waals surface area contributed by atoms with E-state index >= 15 is 0 Å². The highest BCUT2D eigenvalue weighted by atomic mass is 35.5. The average Bonchev–Trinajstić information content (AvgIpc) is 2.37. The Hall–Kier alpha value is -1.75. The van der Waals surface area contributed by atoms with Crippen LogP contribution in [0.3, 0.4) is 0 Å². The lowest BCUT2D eigenvalue weighted by atomic mass is 10.3. The lowest BCUT2D eigenvalue weighted by molar-refractivity contribution is -0.123. The van der Waals surface area contributed by atoms with Crippen molar-refractivity contribution in [1.82, 2.24) is 10.6 Å². The van der Waals surface area contributed by atoms with Gasteiger partial charge in [0.2, 0.25) is 5.91 Å². The van der Waals surface area contributed by atoms with Gasteiger partial charge in [0.25, 0.3) is 5.91 Å². The minimum atomic E-state index is -0.220. The van der Waals surface area contributed by atoms with E-state index in [0.29, 0.717) is 30.3 Å². The van der Waals surface area contributed by atoms with Gasteiger partial charge in [0.05, 0.1) is 5.02 Å². The van der Waals surface area contributed by atoms with E-state index in [2.05, 4.69) is 10.6 Å². The van der Waals surface area contributed by atoms with Gasteiger partial charge in [-0.05, 0) is 18.6 Å². The van der Waals surface area contributed by atoms with Crippen LogP contribution >= 0.6 is 11.6 Å². The van der Waals surface area contributed by atoms with E-state index in [-0.39, 0.29) is 18.4 Å². The summed E-state index contributed by atoms with van der Waals surface area (Å²) in [6.07, 6.45) is 0.678. The molecule has 0 atom stereocenters. The molecule has 0 fully saturated rings. The van der Waals surface area contributed by atoms with Crippen LogP contribution in [0.25, 0.3) is 0 Å². The van der Waals surface area contributed by atoms with E-state index < -0.39 is 0 Å². The van der Waals surface area contributed by atoms with Gasteiger partial charge in [-0.3, -0.25) is 9.59 Å². The highest BCUT2D eigenvalue weighted by molar-refractivity contribution is 6.32. The van der Waals surface area contributed by atoms with Crippen LogP contribution in [0.5, 0.6) is 5.75 Å². The van der Waals surface area contributed by atoms with Crippen LogP contribution in [0.1, 0.15) is 13.3 Å². The fourth-order valence-electron chi connectivity index (χ4n) is 1.34. The first-order chi connectivity index (χ1) is 9.09. The van der Waals surface area contributed by atoms with Crippen LogP contribution in [0.15, 0.2) is 24.3 Å². The molecule has 0 heterocycles. The molecule has 0 saturated heterocycles. The first-order valence-electron chi connectivity index (χ1n) is 5.98. The Bertz CT molecular complexity index is 438. The fraction of sp³-hybridized carbons (Fsp3) is 0.385. The number of rotatable bonds is 7. The van der Waals surface area contributed by atoms with Crippen molar-refractivity contribution in [3.05, 3.63) is 29.3 Å². The van der Waals surface area contributed by atoms with E-state index in [4.69, 9.17) is 16.3 Å². The highest BCUT2D eigenvalue weighted by Gasteiger charge is 2.04. The molecule has 1 rings (SSSR count). The van der Waals surface area contributed by atoms with Crippen molar-refractivity contribution in [2.75, 3.05) is 19.7 Å². The molecule has 0 saturated carbocycles. The quantitative estimate of drug-likeness (QED) is 0.743. The lowest BCUT2D eigenvalue weighted by Gasteiger charge is -2.08. The molecule has 2 amide bonds. The van der Waals surface area contributed by atoms with Crippen molar-refractivity contribution in [3.63, 3.8) is 0 Å². The average molecular weight is 285 g/mol. The summed E-state index contributed by atoms with van der Waals surface area (Å²) in [5.74, 6) is 0.189. The molecule has 0 unspecified atom stereocenters. The van der Waals surface area contributed by atoms with Gasteiger partial charge < -0.3 is 15.4 Å². The molecule has 104 valence electrons. The highest BCUT2D eigenvalue weighted by Crippen LogP contribution is 2.22. The molecule has 0 aliphatic heterocycles. The Balaban J connectivity index is 2.15.